The molecule has 1 aromatic heterocycles. The fourth-order valence-corrected chi connectivity index (χ4v) is 3.21. The maximum Gasteiger partial charge on any atom is 0.413 e. The number of hydrogen-bond donors (Lipinski definition) is 1. The highest BCUT2D eigenvalue weighted by Gasteiger charge is 2.18. The smallest absolute Gasteiger partial charge is 0.413 e. The third-order valence-corrected chi connectivity index (χ3v) is 4.45. The Morgan fingerprint density at radius 3 is 2.52 bits per heavy atom. The van der Waals surface area contributed by atoms with Crippen LogP contribution in [0.3, 0.4) is 0 Å². The van der Waals surface area contributed by atoms with Crippen LogP contribution in [0.15, 0.2) is 60.8 Å². The van der Waals surface area contributed by atoms with Crippen molar-refractivity contribution in [3.05, 3.63) is 66.4 Å². The van der Waals surface area contributed by atoms with E-state index in [-0.39, 0.29) is 0 Å². The third kappa shape index (κ3) is 5.56. The van der Waals surface area contributed by atoms with Gasteiger partial charge in [0, 0.05) is 11.8 Å². The summed E-state index contributed by atoms with van der Waals surface area (Å²) in [5, 5.41) is 3.15. The average Bonchev–Trinajstić information content (AvgIpc) is 3.07. The van der Waals surface area contributed by atoms with Crippen molar-refractivity contribution in [2.24, 2.45) is 0 Å². The van der Waals surface area contributed by atoms with E-state index in [1.165, 1.54) is 11.3 Å². The standard InChI is InChI=1S/C21H22N2O3S/c1-21(2,3)26-20(24)23-19-22-13-18(27-19)16-11-7-8-12-17(16)25-14-15-9-5-4-6-10-15/h4-13H,14H2,1-3H3,(H,22,23,24). The summed E-state index contributed by atoms with van der Waals surface area (Å²) < 4.78 is 11.3. The number of benzene rings is 2. The number of carbonyl (C=O) groups is 1. The molecule has 0 bridgehead atoms. The van der Waals surface area contributed by atoms with Crippen LogP contribution in [0.1, 0.15) is 26.3 Å². The Morgan fingerprint density at radius 1 is 1.07 bits per heavy atom. The summed E-state index contributed by atoms with van der Waals surface area (Å²) >= 11 is 1.37. The van der Waals surface area contributed by atoms with Gasteiger partial charge in [-0.2, -0.15) is 0 Å². The minimum atomic E-state index is -0.554. The topological polar surface area (TPSA) is 60.5 Å². The minimum absolute atomic E-state index is 0.483. The summed E-state index contributed by atoms with van der Waals surface area (Å²) in [5.41, 5.74) is 1.48. The van der Waals surface area contributed by atoms with E-state index in [1.54, 1.807) is 6.20 Å². The summed E-state index contributed by atoms with van der Waals surface area (Å²) in [4.78, 5) is 17.1. The summed E-state index contributed by atoms with van der Waals surface area (Å²) in [7, 11) is 0. The van der Waals surface area contributed by atoms with Crippen molar-refractivity contribution in [3.8, 4) is 16.2 Å². The van der Waals surface area contributed by atoms with Gasteiger partial charge in [0.05, 0.1) is 4.88 Å². The van der Waals surface area contributed by atoms with E-state index in [9.17, 15) is 4.79 Å². The van der Waals surface area contributed by atoms with Crippen molar-refractivity contribution in [3.63, 3.8) is 0 Å². The Hall–Kier alpha value is -2.86. The molecule has 3 rings (SSSR count). The summed E-state index contributed by atoms with van der Waals surface area (Å²) in [6.07, 6.45) is 1.21. The van der Waals surface area contributed by atoms with Crippen LogP contribution >= 0.6 is 11.3 Å². The summed E-state index contributed by atoms with van der Waals surface area (Å²) in [5.74, 6) is 0.772. The molecule has 1 heterocycles. The van der Waals surface area contributed by atoms with Crippen molar-refractivity contribution < 1.29 is 14.3 Å². The predicted octanol–water partition coefficient (Wildman–Crippen LogP) is 5.74. The Morgan fingerprint density at radius 2 is 1.78 bits per heavy atom. The van der Waals surface area contributed by atoms with Gasteiger partial charge in [0.1, 0.15) is 18.0 Å². The van der Waals surface area contributed by atoms with Gasteiger partial charge >= 0.3 is 6.09 Å². The zero-order chi connectivity index (χ0) is 19.3. The lowest BCUT2D eigenvalue weighted by atomic mass is 10.2. The Labute approximate surface area is 163 Å². The molecule has 27 heavy (non-hydrogen) atoms. The van der Waals surface area contributed by atoms with Gasteiger partial charge < -0.3 is 9.47 Å². The van der Waals surface area contributed by atoms with Gasteiger partial charge in [0.2, 0.25) is 0 Å². The molecule has 1 amide bonds. The van der Waals surface area contributed by atoms with Crippen LogP contribution in [0.25, 0.3) is 10.4 Å². The molecular formula is C21H22N2O3S. The number of thiazole rings is 1. The van der Waals surface area contributed by atoms with Crippen molar-refractivity contribution >= 4 is 22.6 Å². The van der Waals surface area contributed by atoms with E-state index in [4.69, 9.17) is 9.47 Å². The molecular weight excluding hydrogens is 360 g/mol. The quantitative estimate of drug-likeness (QED) is 0.611. The number of nitrogens with zero attached hydrogens (tertiary/aromatic N) is 1. The lowest BCUT2D eigenvalue weighted by Crippen LogP contribution is -2.27. The number of hydrogen-bond acceptors (Lipinski definition) is 5. The molecule has 0 saturated heterocycles. The zero-order valence-corrected chi connectivity index (χ0v) is 16.4. The predicted molar refractivity (Wildman–Crippen MR) is 108 cm³/mol. The van der Waals surface area contributed by atoms with Gasteiger partial charge in [0.15, 0.2) is 5.13 Å². The second-order valence-electron chi connectivity index (χ2n) is 6.93. The van der Waals surface area contributed by atoms with E-state index < -0.39 is 11.7 Å². The van der Waals surface area contributed by atoms with E-state index in [2.05, 4.69) is 10.3 Å². The minimum Gasteiger partial charge on any atom is -0.488 e. The monoisotopic (exact) mass is 382 g/mol. The molecule has 2 aromatic carbocycles. The molecule has 0 aliphatic heterocycles. The molecule has 5 nitrogen and oxygen atoms in total. The van der Waals surface area contributed by atoms with Gasteiger partial charge in [-0.3, -0.25) is 5.32 Å². The fraction of sp³-hybridized carbons (Fsp3) is 0.238. The zero-order valence-electron chi connectivity index (χ0n) is 15.6. The van der Waals surface area contributed by atoms with Crippen LogP contribution in [-0.2, 0) is 11.3 Å². The van der Waals surface area contributed by atoms with Gasteiger partial charge in [-0.05, 0) is 38.5 Å². The van der Waals surface area contributed by atoms with Crippen LogP contribution in [0.4, 0.5) is 9.93 Å². The first-order valence-electron chi connectivity index (χ1n) is 8.63. The van der Waals surface area contributed by atoms with E-state index in [0.717, 1.165) is 21.8 Å². The molecule has 0 aliphatic rings. The summed E-state index contributed by atoms with van der Waals surface area (Å²) in [6.45, 7) is 5.94. The van der Waals surface area contributed by atoms with Crippen molar-refractivity contribution in [1.29, 1.82) is 0 Å². The first kappa shape index (κ1) is 18.9. The van der Waals surface area contributed by atoms with E-state index in [1.807, 2.05) is 75.4 Å². The molecule has 3 aromatic rings. The van der Waals surface area contributed by atoms with Crippen molar-refractivity contribution in [1.82, 2.24) is 4.98 Å². The highest BCUT2D eigenvalue weighted by molar-refractivity contribution is 7.19. The van der Waals surface area contributed by atoms with Gasteiger partial charge in [-0.1, -0.05) is 53.8 Å². The molecule has 0 atom stereocenters. The highest BCUT2D eigenvalue weighted by atomic mass is 32.1. The van der Waals surface area contributed by atoms with E-state index in [0.29, 0.717) is 11.7 Å². The maximum atomic E-state index is 11.9. The van der Waals surface area contributed by atoms with Crippen LogP contribution < -0.4 is 10.1 Å². The number of rotatable bonds is 5. The van der Waals surface area contributed by atoms with Crippen LogP contribution in [-0.4, -0.2) is 16.7 Å². The molecule has 1 N–H and O–H groups in total. The number of carbonyl (C=O) groups excluding carboxylic acids is 1. The lowest BCUT2D eigenvalue weighted by Gasteiger charge is -2.18. The SMILES string of the molecule is CC(C)(C)OC(=O)Nc1ncc(-c2ccccc2OCc2ccccc2)s1. The van der Waals surface area contributed by atoms with Crippen molar-refractivity contribution in [2.45, 2.75) is 33.0 Å². The molecule has 0 aliphatic carbocycles. The van der Waals surface area contributed by atoms with Crippen LogP contribution in [0.5, 0.6) is 5.75 Å². The number of aromatic nitrogens is 1. The van der Waals surface area contributed by atoms with Crippen LogP contribution in [0.2, 0.25) is 0 Å². The lowest BCUT2D eigenvalue weighted by molar-refractivity contribution is 0.0636. The second kappa shape index (κ2) is 8.22. The van der Waals surface area contributed by atoms with Crippen LogP contribution in [0, 0.1) is 0 Å². The first-order chi connectivity index (χ1) is 12.9. The first-order valence-corrected chi connectivity index (χ1v) is 9.44. The molecule has 140 valence electrons. The number of ether oxygens (including phenoxy) is 2. The third-order valence-electron chi connectivity index (χ3n) is 3.50. The normalized spacial score (nSPS) is 11.1. The molecule has 6 heteroatoms. The van der Waals surface area contributed by atoms with Gasteiger partial charge in [-0.25, -0.2) is 9.78 Å². The van der Waals surface area contributed by atoms with Gasteiger partial charge in [0.25, 0.3) is 0 Å². The van der Waals surface area contributed by atoms with Crippen molar-refractivity contribution in [2.75, 3.05) is 5.32 Å². The Kier molecular flexibility index (Phi) is 5.76. The fourth-order valence-electron chi connectivity index (χ4n) is 2.38. The average molecular weight is 382 g/mol. The highest BCUT2D eigenvalue weighted by Crippen LogP contribution is 2.35. The largest absolute Gasteiger partial charge is 0.488 e. The Bertz CT molecular complexity index is 901. The molecule has 0 spiro atoms. The Balaban J connectivity index is 1.72. The molecule has 0 fully saturated rings. The van der Waals surface area contributed by atoms with Gasteiger partial charge in [-0.15, -0.1) is 0 Å². The number of amides is 1. The summed E-state index contributed by atoms with van der Waals surface area (Å²) in [6, 6.07) is 17.8. The molecule has 0 unspecified atom stereocenters. The molecule has 0 saturated carbocycles. The number of para-hydroxylation sites is 1. The molecule has 0 radical (unpaired) electrons. The number of nitrogens with one attached hydrogen (secondary N) is 1. The van der Waals surface area contributed by atoms with E-state index >= 15 is 0 Å². The second-order valence-corrected chi connectivity index (χ2v) is 7.96. The maximum absolute atomic E-state index is 11.9. The number of anilines is 1.